The zero-order valence-electron chi connectivity index (χ0n) is 10.3. The third-order valence-electron chi connectivity index (χ3n) is 2.47. The van der Waals surface area contributed by atoms with Crippen LogP contribution in [0, 0.1) is 0 Å². The van der Waals surface area contributed by atoms with Crippen LogP contribution < -0.4 is 5.32 Å². The first-order chi connectivity index (χ1) is 9.08. The molecule has 1 N–H and O–H groups in total. The molecule has 0 radical (unpaired) electrons. The van der Waals surface area contributed by atoms with Crippen molar-refractivity contribution >= 4 is 33.4 Å². The van der Waals surface area contributed by atoms with Crippen molar-refractivity contribution in [2.24, 2.45) is 0 Å². The van der Waals surface area contributed by atoms with Crippen LogP contribution in [0.2, 0.25) is 5.02 Å². The molecule has 0 aliphatic rings. The molecule has 6 nitrogen and oxygen atoms in total. The first-order valence-electron chi connectivity index (χ1n) is 5.75. The third kappa shape index (κ3) is 3.81. The number of rotatable bonds is 5. The summed E-state index contributed by atoms with van der Waals surface area (Å²) >= 11 is 9.29. The van der Waals surface area contributed by atoms with E-state index in [0.717, 1.165) is 11.0 Å². The average molecular weight is 347 g/mol. The number of nitrogens with one attached hydrogen (secondary N) is 1. The molecule has 0 saturated heterocycles. The van der Waals surface area contributed by atoms with Crippen LogP contribution in [0.1, 0.15) is 12.6 Å². The Hall–Kier alpha value is -1.34. The number of carbonyl (C=O) groups is 1. The molecule has 2 heterocycles. The smallest absolute Gasteiger partial charge is 0.242 e. The number of hydrogen-bond donors (Lipinski definition) is 1. The standard InChI is InChI=1S/C11H13BrClN5O/c1-2-17-6-9(13)10(16-17)4-14-11(19)7-18-5-8(12)3-15-18/h3,5-6H,2,4,7H2,1H3,(H,14,19). The quantitative estimate of drug-likeness (QED) is 0.898. The Morgan fingerprint density at radius 3 is 2.84 bits per heavy atom. The van der Waals surface area contributed by atoms with Crippen molar-refractivity contribution in [3.8, 4) is 0 Å². The summed E-state index contributed by atoms with van der Waals surface area (Å²) in [7, 11) is 0. The highest BCUT2D eigenvalue weighted by Gasteiger charge is 2.09. The number of nitrogens with zero attached hydrogens (tertiary/aromatic N) is 4. The van der Waals surface area contributed by atoms with Crippen LogP contribution in [0.25, 0.3) is 0 Å². The van der Waals surface area contributed by atoms with Gasteiger partial charge in [-0.25, -0.2) is 0 Å². The van der Waals surface area contributed by atoms with E-state index in [0.29, 0.717) is 17.3 Å². The molecule has 102 valence electrons. The maximum absolute atomic E-state index is 11.7. The largest absolute Gasteiger partial charge is 0.349 e. The van der Waals surface area contributed by atoms with Crippen molar-refractivity contribution in [2.45, 2.75) is 26.6 Å². The van der Waals surface area contributed by atoms with E-state index < -0.39 is 0 Å². The summed E-state index contributed by atoms with van der Waals surface area (Å²) in [6.07, 6.45) is 5.11. The molecule has 8 heteroatoms. The Morgan fingerprint density at radius 1 is 1.47 bits per heavy atom. The van der Waals surface area contributed by atoms with E-state index in [1.807, 2.05) is 6.92 Å². The van der Waals surface area contributed by atoms with Gasteiger partial charge in [-0.3, -0.25) is 14.2 Å². The maximum Gasteiger partial charge on any atom is 0.242 e. The summed E-state index contributed by atoms with van der Waals surface area (Å²) in [5.74, 6) is -0.141. The SMILES string of the molecule is CCn1cc(Cl)c(CNC(=O)Cn2cc(Br)cn2)n1. The van der Waals surface area contributed by atoms with Crippen molar-refractivity contribution in [3.63, 3.8) is 0 Å². The van der Waals surface area contributed by atoms with E-state index in [-0.39, 0.29) is 12.5 Å². The summed E-state index contributed by atoms with van der Waals surface area (Å²) in [6, 6.07) is 0. The van der Waals surface area contributed by atoms with Gasteiger partial charge in [0.15, 0.2) is 0 Å². The van der Waals surface area contributed by atoms with E-state index in [1.54, 1.807) is 28.0 Å². The van der Waals surface area contributed by atoms with Gasteiger partial charge in [-0.2, -0.15) is 10.2 Å². The molecule has 0 fully saturated rings. The molecule has 19 heavy (non-hydrogen) atoms. The van der Waals surface area contributed by atoms with Crippen molar-refractivity contribution < 1.29 is 4.79 Å². The number of aryl methyl sites for hydroxylation is 1. The summed E-state index contributed by atoms with van der Waals surface area (Å²) in [4.78, 5) is 11.7. The lowest BCUT2D eigenvalue weighted by Crippen LogP contribution is -2.27. The third-order valence-corrected chi connectivity index (χ3v) is 3.20. The molecule has 0 saturated carbocycles. The van der Waals surface area contributed by atoms with E-state index in [9.17, 15) is 4.79 Å². The zero-order chi connectivity index (χ0) is 13.8. The predicted octanol–water partition coefficient (Wildman–Crippen LogP) is 1.83. The van der Waals surface area contributed by atoms with E-state index >= 15 is 0 Å². The lowest BCUT2D eigenvalue weighted by molar-refractivity contribution is -0.122. The van der Waals surface area contributed by atoms with Gasteiger partial charge in [-0.15, -0.1) is 0 Å². The van der Waals surface area contributed by atoms with Crippen molar-refractivity contribution in [2.75, 3.05) is 0 Å². The van der Waals surface area contributed by atoms with Crippen LogP contribution >= 0.6 is 27.5 Å². The Morgan fingerprint density at radius 2 is 2.26 bits per heavy atom. The van der Waals surface area contributed by atoms with E-state index in [4.69, 9.17) is 11.6 Å². The second kappa shape index (κ2) is 6.21. The Balaban J connectivity index is 1.87. The summed E-state index contributed by atoms with van der Waals surface area (Å²) in [6.45, 7) is 3.20. The van der Waals surface area contributed by atoms with Crippen molar-refractivity contribution in [1.29, 1.82) is 0 Å². The molecule has 0 aromatic carbocycles. The van der Waals surface area contributed by atoms with Gasteiger partial charge in [-0.05, 0) is 22.9 Å². The fraction of sp³-hybridized carbons (Fsp3) is 0.364. The second-order valence-corrected chi connectivity index (χ2v) is 5.24. The van der Waals surface area contributed by atoms with Gasteiger partial charge in [0.2, 0.25) is 5.91 Å². The highest BCUT2D eigenvalue weighted by molar-refractivity contribution is 9.10. The van der Waals surface area contributed by atoms with Gasteiger partial charge in [0.05, 0.1) is 22.2 Å². The van der Waals surface area contributed by atoms with Crippen LogP contribution in [0.4, 0.5) is 0 Å². The lowest BCUT2D eigenvalue weighted by Gasteiger charge is -2.03. The molecule has 0 spiro atoms. The highest BCUT2D eigenvalue weighted by atomic mass is 79.9. The average Bonchev–Trinajstić information content (AvgIpc) is 2.93. The molecular weight excluding hydrogens is 334 g/mol. The Kier molecular flexibility index (Phi) is 4.60. The minimum atomic E-state index is -0.141. The topological polar surface area (TPSA) is 64.7 Å². The minimum absolute atomic E-state index is 0.141. The molecular formula is C11H13BrClN5O. The molecule has 0 unspecified atom stereocenters. The summed E-state index contributed by atoms with van der Waals surface area (Å²) in [5, 5.41) is 11.6. The predicted molar refractivity (Wildman–Crippen MR) is 74.7 cm³/mol. The number of amides is 1. The van der Waals surface area contributed by atoms with Gasteiger partial charge in [0, 0.05) is 18.9 Å². The van der Waals surface area contributed by atoms with Crippen LogP contribution in [0.15, 0.2) is 23.1 Å². The van der Waals surface area contributed by atoms with Crippen molar-refractivity contribution in [3.05, 3.63) is 33.8 Å². The monoisotopic (exact) mass is 345 g/mol. The van der Waals surface area contributed by atoms with Gasteiger partial charge in [0.25, 0.3) is 0 Å². The highest BCUT2D eigenvalue weighted by Crippen LogP contribution is 2.13. The normalized spacial score (nSPS) is 10.7. The number of hydrogen-bond acceptors (Lipinski definition) is 3. The van der Waals surface area contributed by atoms with Crippen LogP contribution in [-0.4, -0.2) is 25.5 Å². The van der Waals surface area contributed by atoms with Gasteiger partial charge in [-0.1, -0.05) is 11.6 Å². The van der Waals surface area contributed by atoms with Crippen LogP contribution in [-0.2, 0) is 24.4 Å². The fourth-order valence-electron chi connectivity index (χ4n) is 1.53. The summed E-state index contributed by atoms with van der Waals surface area (Å²) < 4.78 is 4.12. The van der Waals surface area contributed by atoms with Crippen LogP contribution in [0.5, 0.6) is 0 Å². The maximum atomic E-state index is 11.7. The van der Waals surface area contributed by atoms with Gasteiger partial charge >= 0.3 is 0 Å². The molecule has 0 bridgehead atoms. The Bertz CT molecular complexity index is 579. The molecule has 0 atom stereocenters. The molecule has 0 aliphatic heterocycles. The van der Waals surface area contributed by atoms with E-state index in [1.165, 1.54) is 0 Å². The number of carbonyl (C=O) groups excluding carboxylic acids is 1. The van der Waals surface area contributed by atoms with Crippen LogP contribution in [0.3, 0.4) is 0 Å². The molecule has 2 aromatic heterocycles. The minimum Gasteiger partial charge on any atom is -0.349 e. The first-order valence-corrected chi connectivity index (χ1v) is 6.92. The first kappa shape index (κ1) is 14.1. The second-order valence-electron chi connectivity index (χ2n) is 3.91. The van der Waals surface area contributed by atoms with Crippen molar-refractivity contribution in [1.82, 2.24) is 24.9 Å². The van der Waals surface area contributed by atoms with E-state index in [2.05, 4.69) is 31.4 Å². The van der Waals surface area contributed by atoms with Gasteiger partial charge in [0.1, 0.15) is 12.2 Å². The molecule has 0 aliphatic carbocycles. The summed E-state index contributed by atoms with van der Waals surface area (Å²) in [5.41, 5.74) is 0.665. The lowest BCUT2D eigenvalue weighted by atomic mass is 10.4. The Labute approximate surface area is 123 Å². The molecule has 2 rings (SSSR count). The fourth-order valence-corrected chi connectivity index (χ4v) is 2.07. The number of halogens is 2. The number of aromatic nitrogens is 4. The zero-order valence-corrected chi connectivity index (χ0v) is 12.6. The molecule has 1 amide bonds. The van der Waals surface area contributed by atoms with Gasteiger partial charge < -0.3 is 5.32 Å². The molecule has 2 aromatic rings.